The SMILES string of the molecule is CSCc1cc(CNCC(C)(C)C)c2c(c1O)C(O)=C1C(=O)C3(O)C(O)=C(C(N)=O)C(=O)C(N(C)C)[C@H]3C[C@H]1C2. The Labute approximate surface area is 238 Å². The second-order valence-electron chi connectivity index (χ2n) is 12.5. The molecule has 4 atom stereocenters. The molecule has 10 nitrogen and oxygen atoms in total. The molecule has 0 spiro atoms. The van der Waals surface area contributed by atoms with Crippen LogP contribution in [0.4, 0.5) is 0 Å². The van der Waals surface area contributed by atoms with E-state index in [0.717, 1.165) is 12.1 Å². The van der Waals surface area contributed by atoms with Gasteiger partial charge < -0.3 is 31.5 Å². The summed E-state index contributed by atoms with van der Waals surface area (Å²) in [7, 11) is 3.16. The van der Waals surface area contributed by atoms with Crippen LogP contribution in [0.5, 0.6) is 5.75 Å². The number of amides is 1. The zero-order valence-electron chi connectivity index (χ0n) is 23.8. The van der Waals surface area contributed by atoms with E-state index < -0.39 is 58.0 Å². The van der Waals surface area contributed by atoms with Crippen LogP contribution in [0.1, 0.15) is 49.4 Å². The van der Waals surface area contributed by atoms with E-state index in [1.54, 1.807) is 14.1 Å². The van der Waals surface area contributed by atoms with E-state index in [1.165, 1.54) is 16.7 Å². The molecule has 2 unspecified atom stereocenters. The van der Waals surface area contributed by atoms with Crippen LogP contribution in [0.25, 0.3) is 5.76 Å². The minimum atomic E-state index is -2.64. The fourth-order valence-corrected chi connectivity index (χ4v) is 6.98. The molecule has 1 aromatic carbocycles. The Morgan fingerprint density at radius 3 is 2.40 bits per heavy atom. The Morgan fingerprint density at radius 2 is 1.85 bits per heavy atom. The summed E-state index contributed by atoms with van der Waals surface area (Å²) in [4.78, 5) is 40.9. The van der Waals surface area contributed by atoms with Crippen molar-refractivity contribution in [1.29, 1.82) is 0 Å². The lowest BCUT2D eigenvalue weighted by atomic mass is 9.57. The van der Waals surface area contributed by atoms with Gasteiger partial charge in [0.15, 0.2) is 11.4 Å². The highest BCUT2D eigenvalue weighted by molar-refractivity contribution is 7.97. The van der Waals surface area contributed by atoms with E-state index in [9.17, 15) is 34.8 Å². The third-order valence-corrected chi connectivity index (χ3v) is 8.76. The number of benzene rings is 1. The molecule has 0 aromatic heterocycles. The first-order valence-electron chi connectivity index (χ1n) is 13.3. The number of aliphatic hydroxyl groups is 3. The quantitative estimate of drug-likeness (QED) is 0.265. The molecule has 1 amide bonds. The zero-order chi connectivity index (χ0) is 29.9. The van der Waals surface area contributed by atoms with Gasteiger partial charge in [-0.05, 0) is 61.7 Å². The molecule has 0 radical (unpaired) electrons. The Bertz CT molecular complexity index is 1340. The molecule has 40 heavy (non-hydrogen) atoms. The number of rotatable bonds is 7. The summed E-state index contributed by atoms with van der Waals surface area (Å²) in [6.45, 7) is 7.54. The third kappa shape index (κ3) is 4.72. The van der Waals surface area contributed by atoms with E-state index in [0.29, 0.717) is 23.4 Å². The molecule has 1 saturated carbocycles. The average molecular weight is 574 g/mol. The van der Waals surface area contributed by atoms with E-state index in [4.69, 9.17) is 5.73 Å². The lowest BCUT2D eigenvalue weighted by Gasteiger charge is -2.50. The molecule has 4 rings (SSSR count). The van der Waals surface area contributed by atoms with Crippen LogP contribution in [-0.2, 0) is 33.1 Å². The van der Waals surface area contributed by atoms with E-state index in [-0.39, 0.29) is 35.1 Å². The number of phenols is 1. The number of ketones is 2. The minimum Gasteiger partial charge on any atom is -0.508 e. The molecule has 0 heterocycles. The average Bonchev–Trinajstić information content (AvgIpc) is 2.83. The molecule has 3 aliphatic rings. The van der Waals surface area contributed by atoms with Crippen molar-refractivity contribution in [3.63, 3.8) is 0 Å². The number of fused-ring (bicyclic) bond motifs is 3. The number of carbonyl (C=O) groups excluding carboxylic acids is 3. The van der Waals surface area contributed by atoms with Gasteiger partial charge in [0.1, 0.15) is 22.8 Å². The molecule has 3 aliphatic carbocycles. The number of nitrogens with zero attached hydrogens (tertiary/aromatic N) is 1. The van der Waals surface area contributed by atoms with Gasteiger partial charge in [0.25, 0.3) is 5.91 Å². The van der Waals surface area contributed by atoms with Gasteiger partial charge in [0, 0.05) is 35.9 Å². The molecule has 0 saturated heterocycles. The number of primary amides is 1. The molecule has 0 bridgehead atoms. The summed E-state index contributed by atoms with van der Waals surface area (Å²) in [6.07, 6.45) is 2.23. The van der Waals surface area contributed by atoms with Crippen LogP contribution in [0.15, 0.2) is 23.0 Å². The van der Waals surface area contributed by atoms with Crippen LogP contribution in [0, 0.1) is 17.3 Å². The molecule has 11 heteroatoms. The molecule has 0 aliphatic heterocycles. The zero-order valence-corrected chi connectivity index (χ0v) is 24.6. The smallest absolute Gasteiger partial charge is 0.255 e. The number of hydrogen-bond acceptors (Lipinski definition) is 10. The molecular weight excluding hydrogens is 534 g/mol. The van der Waals surface area contributed by atoms with Crippen molar-refractivity contribution in [3.8, 4) is 5.75 Å². The number of aliphatic hydroxyl groups excluding tert-OH is 2. The monoisotopic (exact) mass is 573 g/mol. The first-order valence-corrected chi connectivity index (χ1v) is 14.7. The molecule has 7 N–H and O–H groups in total. The van der Waals surface area contributed by atoms with Gasteiger partial charge in [-0.1, -0.05) is 20.8 Å². The largest absolute Gasteiger partial charge is 0.508 e. The van der Waals surface area contributed by atoms with Crippen molar-refractivity contribution in [2.24, 2.45) is 23.0 Å². The standard InChI is InChI=1S/C29H39N3O7S/c1-28(2,3)12-31-10-14-7-15(11-40-6)22(33)19-16(14)8-13-9-17-21(32(4)5)24(35)20(27(30)38)26(37)29(17,39)25(36)18(13)23(19)34/h7,13,17,21,31,33-34,37,39H,8-12H2,1-6H3,(H2,30,38)/t13-,17-,21?,29?/m1/s1. The van der Waals surface area contributed by atoms with E-state index >= 15 is 0 Å². The van der Waals surface area contributed by atoms with Gasteiger partial charge >= 0.3 is 0 Å². The van der Waals surface area contributed by atoms with Gasteiger partial charge in [0.05, 0.1) is 11.6 Å². The van der Waals surface area contributed by atoms with Gasteiger partial charge in [-0.15, -0.1) is 0 Å². The molecule has 218 valence electrons. The van der Waals surface area contributed by atoms with Gasteiger partial charge in [-0.3, -0.25) is 19.3 Å². The number of nitrogens with one attached hydrogen (secondary N) is 1. The minimum absolute atomic E-state index is 0.0303. The van der Waals surface area contributed by atoms with Crippen molar-refractivity contribution < 1.29 is 34.8 Å². The lowest BCUT2D eigenvalue weighted by molar-refractivity contribution is -0.153. The second-order valence-corrected chi connectivity index (χ2v) is 13.3. The molecule has 1 fully saturated rings. The normalized spacial score (nSPS) is 26.6. The van der Waals surface area contributed by atoms with E-state index in [2.05, 4.69) is 26.1 Å². The Hall–Kier alpha value is -2.86. The van der Waals surface area contributed by atoms with Gasteiger partial charge in [-0.25, -0.2) is 0 Å². The number of phenolic OH excluding ortho intramolecular Hbond substituents is 1. The van der Waals surface area contributed by atoms with Crippen molar-refractivity contribution >= 4 is 35.0 Å². The number of likely N-dealkylation sites (N-methyl/N-ethyl adjacent to an activating group) is 1. The predicted octanol–water partition coefficient (Wildman–Crippen LogP) is 1.96. The summed E-state index contributed by atoms with van der Waals surface area (Å²) in [5.41, 5.74) is 4.11. The number of hydrogen-bond donors (Lipinski definition) is 6. The van der Waals surface area contributed by atoms with Crippen LogP contribution >= 0.6 is 11.8 Å². The maximum Gasteiger partial charge on any atom is 0.255 e. The topological polar surface area (TPSA) is 173 Å². The summed E-state index contributed by atoms with van der Waals surface area (Å²) in [6, 6.07) is 0.808. The summed E-state index contributed by atoms with van der Waals surface area (Å²) in [5, 5.41) is 49.0. The first-order chi connectivity index (χ1) is 18.6. The maximum atomic E-state index is 14.0. The van der Waals surface area contributed by atoms with Gasteiger partial charge in [0.2, 0.25) is 5.78 Å². The summed E-state index contributed by atoms with van der Waals surface area (Å²) >= 11 is 1.50. The van der Waals surface area contributed by atoms with Crippen molar-refractivity contribution in [2.75, 3.05) is 26.9 Å². The summed E-state index contributed by atoms with van der Waals surface area (Å²) in [5.74, 6) is -5.95. The number of thioether (sulfide) groups is 1. The highest BCUT2D eigenvalue weighted by Crippen LogP contribution is 2.53. The predicted molar refractivity (Wildman–Crippen MR) is 153 cm³/mol. The van der Waals surface area contributed by atoms with Crippen LogP contribution < -0.4 is 11.1 Å². The van der Waals surface area contributed by atoms with E-state index in [1.807, 2.05) is 12.3 Å². The fourth-order valence-electron chi connectivity index (χ4n) is 6.45. The number of Topliss-reactive ketones (excluding diaryl/α,β-unsaturated/α-hetero) is 2. The molecular formula is C29H39N3O7S. The van der Waals surface area contributed by atoms with Crippen molar-refractivity contribution in [2.45, 2.75) is 57.6 Å². The number of carbonyl (C=O) groups is 3. The lowest BCUT2D eigenvalue weighted by Crippen LogP contribution is -2.65. The Kier molecular flexibility index (Phi) is 7.92. The molecule has 1 aromatic rings. The van der Waals surface area contributed by atoms with Gasteiger partial charge in [-0.2, -0.15) is 11.8 Å². The van der Waals surface area contributed by atoms with Crippen LogP contribution in [0.3, 0.4) is 0 Å². The van der Waals surface area contributed by atoms with Crippen molar-refractivity contribution in [1.82, 2.24) is 10.2 Å². The van der Waals surface area contributed by atoms with Crippen LogP contribution in [-0.4, -0.2) is 81.3 Å². The summed E-state index contributed by atoms with van der Waals surface area (Å²) < 4.78 is 0. The third-order valence-electron chi connectivity index (χ3n) is 8.16. The van der Waals surface area contributed by atoms with Crippen molar-refractivity contribution in [3.05, 3.63) is 45.2 Å². The Balaban J connectivity index is 1.91. The Morgan fingerprint density at radius 1 is 1.20 bits per heavy atom. The number of nitrogens with two attached hydrogens (primary N) is 1. The van der Waals surface area contributed by atoms with Crippen LogP contribution in [0.2, 0.25) is 0 Å². The highest BCUT2D eigenvalue weighted by Gasteiger charge is 2.64. The highest BCUT2D eigenvalue weighted by atomic mass is 32.2. The fraction of sp³-hybridized carbons (Fsp3) is 0.552. The first kappa shape index (κ1) is 30.1. The second kappa shape index (κ2) is 10.5. The maximum absolute atomic E-state index is 14.0. The number of aromatic hydroxyl groups is 1.